The SMILES string of the molecule is NC(=O)[C@@H]1CCCCN1C(=O)c1ccc(Br)s1. The van der Waals surface area contributed by atoms with Crippen LogP contribution in [0.15, 0.2) is 15.9 Å². The number of carbonyl (C=O) groups excluding carboxylic acids is 2. The van der Waals surface area contributed by atoms with Crippen molar-refractivity contribution in [3.8, 4) is 0 Å². The standard InChI is InChI=1S/C11H13BrN2O2S/c12-9-5-4-8(17-9)11(16)14-6-2-1-3-7(14)10(13)15/h4-5,7H,1-3,6H2,(H2,13,15)/t7-/m0/s1. The highest BCUT2D eigenvalue weighted by molar-refractivity contribution is 9.11. The largest absolute Gasteiger partial charge is 0.368 e. The van der Waals surface area contributed by atoms with Gasteiger partial charge in [-0.3, -0.25) is 9.59 Å². The third-order valence-corrected chi connectivity index (χ3v) is 4.49. The minimum Gasteiger partial charge on any atom is -0.368 e. The summed E-state index contributed by atoms with van der Waals surface area (Å²) in [6, 6.07) is 3.15. The Labute approximate surface area is 112 Å². The van der Waals surface area contributed by atoms with Crippen LogP contribution >= 0.6 is 27.3 Å². The lowest BCUT2D eigenvalue weighted by Gasteiger charge is -2.33. The Morgan fingerprint density at radius 3 is 2.76 bits per heavy atom. The predicted molar refractivity (Wildman–Crippen MR) is 69.9 cm³/mol. The van der Waals surface area contributed by atoms with Crippen LogP contribution in [0.3, 0.4) is 0 Å². The monoisotopic (exact) mass is 316 g/mol. The van der Waals surface area contributed by atoms with E-state index in [1.807, 2.05) is 6.07 Å². The number of primary amides is 1. The summed E-state index contributed by atoms with van der Waals surface area (Å²) in [7, 11) is 0. The van der Waals surface area contributed by atoms with Gasteiger partial charge < -0.3 is 10.6 Å². The molecule has 2 heterocycles. The summed E-state index contributed by atoms with van der Waals surface area (Å²) in [6.45, 7) is 0.613. The first-order valence-electron chi connectivity index (χ1n) is 5.45. The van der Waals surface area contributed by atoms with Gasteiger partial charge in [0.25, 0.3) is 5.91 Å². The summed E-state index contributed by atoms with van der Waals surface area (Å²) < 4.78 is 0.911. The van der Waals surface area contributed by atoms with Crippen LogP contribution in [0, 0.1) is 0 Å². The lowest BCUT2D eigenvalue weighted by atomic mass is 10.0. The van der Waals surface area contributed by atoms with Crippen LogP contribution in [0.5, 0.6) is 0 Å². The van der Waals surface area contributed by atoms with Gasteiger partial charge in [0.2, 0.25) is 5.91 Å². The van der Waals surface area contributed by atoms with E-state index in [1.54, 1.807) is 11.0 Å². The van der Waals surface area contributed by atoms with Gasteiger partial charge in [0.05, 0.1) is 8.66 Å². The van der Waals surface area contributed by atoms with Crippen molar-refractivity contribution in [2.75, 3.05) is 6.54 Å². The fourth-order valence-electron chi connectivity index (χ4n) is 2.04. The van der Waals surface area contributed by atoms with E-state index in [2.05, 4.69) is 15.9 Å². The van der Waals surface area contributed by atoms with Crippen LogP contribution in [0.25, 0.3) is 0 Å². The molecule has 17 heavy (non-hydrogen) atoms. The number of piperidine rings is 1. The maximum Gasteiger partial charge on any atom is 0.264 e. The van der Waals surface area contributed by atoms with E-state index < -0.39 is 11.9 Å². The van der Waals surface area contributed by atoms with E-state index in [0.29, 0.717) is 17.8 Å². The summed E-state index contributed by atoms with van der Waals surface area (Å²) in [5, 5.41) is 0. The number of rotatable bonds is 2. The van der Waals surface area contributed by atoms with Gasteiger partial charge >= 0.3 is 0 Å². The third-order valence-electron chi connectivity index (χ3n) is 2.88. The zero-order valence-electron chi connectivity index (χ0n) is 9.19. The minimum atomic E-state index is -0.447. The summed E-state index contributed by atoms with van der Waals surface area (Å²) in [5.74, 6) is -0.502. The Morgan fingerprint density at radius 1 is 1.41 bits per heavy atom. The van der Waals surface area contributed by atoms with Gasteiger partial charge in [-0.1, -0.05) is 0 Å². The Kier molecular flexibility index (Phi) is 3.83. The number of thiophene rings is 1. The molecule has 1 saturated heterocycles. The molecule has 1 aliphatic heterocycles. The van der Waals surface area contributed by atoms with Crippen molar-refractivity contribution in [1.82, 2.24) is 4.90 Å². The average Bonchev–Trinajstić information content (AvgIpc) is 2.75. The second-order valence-corrected chi connectivity index (χ2v) is 6.48. The Bertz CT molecular complexity index is 446. The maximum atomic E-state index is 12.2. The molecule has 0 radical (unpaired) electrons. The van der Waals surface area contributed by atoms with Gasteiger partial charge in [-0.05, 0) is 47.3 Å². The first-order chi connectivity index (χ1) is 8.09. The maximum absolute atomic E-state index is 12.2. The highest BCUT2D eigenvalue weighted by atomic mass is 79.9. The molecule has 92 valence electrons. The molecular weight excluding hydrogens is 304 g/mol. The second-order valence-electron chi connectivity index (χ2n) is 4.02. The van der Waals surface area contributed by atoms with E-state index >= 15 is 0 Å². The highest BCUT2D eigenvalue weighted by Crippen LogP contribution is 2.26. The molecule has 2 amide bonds. The molecular formula is C11H13BrN2O2S. The molecule has 2 rings (SSSR count). The summed E-state index contributed by atoms with van der Waals surface area (Å²) in [6.07, 6.45) is 2.56. The molecule has 1 fully saturated rings. The molecule has 0 saturated carbocycles. The lowest BCUT2D eigenvalue weighted by Crippen LogP contribution is -2.50. The molecule has 6 heteroatoms. The van der Waals surface area contributed by atoms with E-state index in [1.165, 1.54) is 11.3 Å². The van der Waals surface area contributed by atoms with Crippen molar-refractivity contribution in [3.05, 3.63) is 20.8 Å². The van der Waals surface area contributed by atoms with E-state index in [4.69, 9.17) is 5.73 Å². The van der Waals surface area contributed by atoms with Crippen molar-refractivity contribution >= 4 is 39.1 Å². The average molecular weight is 317 g/mol. The predicted octanol–water partition coefficient (Wildman–Crippen LogP) is 1.99. The number of nitrogens with zero attached hydrogens (tertiary/aromatic N) is 1. The second kappa shape index (κ2) is 5.18. The van der Waals surface area contributed by atoms with E-state index in [9.17, 15) is 9.59 Å². The van der Waals surface area contributed by atoms with Gasteiger partial charge in [-0.25, -0.2) is 0 Å². The van der Waals surface area contributed by atoms with Crippen LogP contribution in [0.2, 0.25) is 0 Å². The van der Waals surface area contributed by atoms with E-state index in [0.717, 1.165) is 16.6 Å². The zero-order chi connectivity index (χ0) is 12.4. The normalized spacial score (nSPS) is 20.3. The van der Waals surface area contributed by atoms with Gasteiger partial charge in [-0.15, -0.1) is 11.3 Å². The zero-order valence-corrected chi connectivity index (χ0v) is 11.6. The first kappa shape index (κ1) is 12.6. The molecule has 0 aliphatic carbocycles. The number of hydrogen-bond donors (Lipinski definition) is 1. The number of likely N-dealkylation sites (tertiary alicyclic amines) is 1. The lowest BCUT2D eigenvalue weighted by molar-refractivity contribution is -0.123. The van der Waals surface area contributed by atoms with Gasteiger partial charge in [0.15, 0.2) is 0 Å². The molecule has 0 aromatic carbocycles. The molecule has 0 spiro atoms. The molecule has 2 N–H and O–H groups in total. The number of nitrogens with two attached hydrogens (primary N) is 1. The van der Waals surface area contributed by atoms with Crippen LogP contribution in [0.4, 0.5) is 0 Å². The molecule has 0 bridgehead atoms. The molecule has 0 unspecified atom stereocenters. The summed E-state index contributed by atoms with van der Waals surface area (Å²) in [4.78, 5) is 25.8. The molecule has 1 aromatic heterocycles. The third kappa shape index (κ3) is 2.69. The molecule has 4 nitrogen and oxygen atoms in total. The van der Waals surface area contributed by atoms with Crippen molar-refractivity contribution in [2.24, 2.45) is 5.73 Å². The Hall–Kier alpha value is -0.880. The highest BCUT2D eigenvalue weighted by Gasteiger charge is 2.31. The summed E-state index contributed by atoms with van der Waals surface area (Å²) in [5.41, 5.74) is 5.34. The van der Waals surface area contributed by atoms with Gasteiger partial charge in [0.1, 0.15) is 6.04 Å². The number of amides is 2. The molecule has 1 atom stereocenters. The number of hydrogen-bond acceptors (Lipinski definition) is 3. The van der Waals surface area contributed by atoms with Gasteiger partial charge in [0, 0.05) is 6.54 Å². The quantitative estimate of drug-likeness (QED) is 0.907. The van der Waals surface area contributed by atoms with Crippen molar-refractivity contribution < 1.29 is 9.59 Å². The summed E-state index contributed by atoms with van der Waals surface area (Å²) >= 11 is 4.70. The van der Waals surface area contributed by atoms with Crippen LogP contribution in [-0.4, -0.2) is 29.3 Å². The smallest absolute Gasteiger partial charge is 0.264 e. The first-order valence-corrected chi connectivity index (χ1v) is 7.06. The van der Waals surface area contributed by atoms with E-state index in [-0.39, 0.29) is 5.91 Å². The number of carbonyl (C=O) groups is 2. The van der Waals surface area contributed by atoms with Crippen LogP contribution in [-0.2, 0) is 4.79 Å². The fraction of sp³-hybridized carbons (Fsp3) is 0.455. The van der Waals surface area contributed by atoms with Crippen molar-refractivity contribution in [1.29, 1.82) is 0 Å². The van der Waals surface area contributed by atoms with Crippen molar-refractivity contribution in [2.45, 2.75) is 25.3 Å². The fourth-order valence-corrected chi connectivity index (χ4v) is 3.38. The molecule has 1 aromatic rings. The van der Waals surface area contributed by atoms with Crippen LogP contribution < -0.4 is 5.73 Å². The Balaban J connectivity index is 2.19. The van der Waals surface area contributed by atoms with Crippen LogP contribution in [0.1, 0.15) is 28.9 Å². The number of halogens is 1. The minimum absolute atomic E-state index is 0.0933. The van der Waals surface area contributed by atoms with Crippen molar-refractivity contribution in [3.63, 3.8) is 0 Å². The topological polar surface area (TPSA) is 63.4 Å². The van der Waals surface area contributed by atoms with Gasteiger partial charge in [-0.2, -0.15) is 0 Å². The Morgan fingerprint density at radius 2 is 2.18 bits per heavy atom. The molecule has 1 aliphatic rings.